The summed E-state index contributed by atoms with van der Waals surface area (Å²) < 4.78 is 15.1. The van der Waals surface area contributed by atoms with Crippen LogP contribution in [-0.2, 0) is 25.5 Å². The molecule has 1 fully saturated rings. The summed E-state index contributed by atoms with van der Waals surface area (Å²) in [7, 11) is 4.44. The summed E-state index contributed by atoms with van der Waals surface area (Å²) in [6.45, 7) is 0. The molecule has 2 unspecified atom stereocenters. The Balaban J connectivity index is 2.05. The summed E-state index contributed by atoms with van der Waals surface area (Å²) in [6, 6.07) is 7.70. The van der Waals surface area contributed by atoms with Crippen LogP contribution in [0.15, 0.2) is 24.3 Å². The first-order valence-corrected chi connectivity index (χ1v) is 7.86. The molecule has 2 atom stereocenters. The predicted molar refractivity (Wildman–Crippen MR) is 85.3 cm³/mol. The lowest BCUT2D eigenvalue weighted by atomic mass is 9.75. The van der Waals surface area contributed by atoms with Crippen molar-refractivity contribution in [2.45, 2.75) is 32.0 Å². The van der Waals surface area contributed by atoms with Crippen molar-refractivity contribution in [1.29, 1.82) is 0 Å². The zero-order chi connectivity index (χ0) is 16.8. The lowest BCUT2D eigenvalue weighted by Gasteiger charge is -2.28. The van der Waals surface area contributed by atoms with Gasteiger partial charge in [0, 0.05) is 20.1 Å². The van der Waals surface area contributed by atoms with Gasteiger partial charge >= 0.3 is 0 Å². The van der Waals surface area contributed by atoms with Gasteiger partial charge in [-0.3, -0.25) is 9.59 Å². The quantitative estimate of drug-likeness (QED) is 0.570. The standard InChI is InChI=1S/C18H24O5/c1-21-14-9-7-12(8-10-14)11-13-5-4-6-15(16(13)19)17(20)18(22-2)23-3/h7-10,13,15,18H,4-6,11H2,1-3H3. The second kappa shape index (κ2) is 8.22. The van der Waals surface area contributed by atoms with Crippen molar-refractivity contribution in [1.82, 2.24) is 0 Å². The van der Waals surface area contributed by atoms with Crippen LogP contribution in [0.25, 0.3) is 0 Å². The maximum absolute atomic E-state index is 12.7. The van der Waals surface area contributed by atoms with Gasteiger partial charge in [0.2, 0.25) is 6.29 Å². The van der Waals surface area contributed by atoms with Crippen LogP contribution in [-0.4, -0.2) is 39.2 Å². The molecule has 2 rings (SSSR count). The van der Waals surface area contributed by atoms with Crippen LogP contribution in [0.5, 0.6) is 5.75 Å². The van der Waals surface area contributed by atoms with Gasteiger partial charge in [0.05, 0.1) is 13.0 Å². The Morgan fingerprint density at radius 3 is 2.35 bits per heavy atom. The molecule has 1 aromatic rings. The summed E-state index contributed by atoms with van der Waals surface area (Å²) >= 11 is 0. The minimum atomic E-state index is -0.955. The van der Waals surface area contributed by atoms with Crippen molar-refractivity contribution >= 4 is 11.6 Å². The van der Waals surface area contributed by atoms with E-state index in [1.165, 1.54) is 14.2 Å². The van der Waals surface area contributed by atoms with Gasteiger partial charge in [0.25, 0.3) is 0 Å². The molecule has 1 aliphatic carbocycles. The monoisotopic (exact) mass is 320 g/mol. The van der Waals surface area contributed by atoms with E-state index in [0.29, 0.717) is 12.8 Å². The van der Waals surface area contributed by atoms with Crippen LogP contribution < -0.4 is 4.74 Å². The van der Waals surface area contributed by atoms with E-state index in [1.54, 1.807) is 7.11 Å². The number of hydrogen-bond donors (Lipinski definition) is 0. The molecule has 0 heterocycles. The number of ether oxygens (including phenoxy) is 3. The van der Waals surface area contributed by atoms with Crippen molar-refractivity contribution < 1.29 is 23.8 Å². The molecule has 0 radical (unpaired) electrons. The van der Waals surface area contributed by atoms with E-state index in [9.17, 15) is 9.59 Å². The van der Waals surface area contributed by atoms with Crippen molar-refractivity contribution in [3.05, 3.63) is 29.8 Å². The summed E-state index contributed by atoms with van der Waals surface area (Å²) in [5.74, 6) is -0.201. The smallest absolute Gasteiger partial charge is 0.218 e. The van der Waals surface area contributed by atoms with Gasteiger partial charge in [-0.15, -0.1) is 0 Å². The number of carbonyl (C=O) groups excluding carboxylic acids is 2. The highest BCUT2D eigenvalue weighted by Gasteiger charge is 2.38. The van der Waals surface area contributed by atoms with Crippen molar-refractivity contribution in [3.63, 3.8) is 0 Å². The van der Waals surface area contributed by atoms with Crippen molar-refractivity contribution in [3.8, 4) is 5.75 Å². The Morgan fingerprint density at radius 2 is 1.78 bits per heavy atom. The van der Waals surface area contributed by atoms with Gasteiger partial charge in [-0.1, -0.05) is 18.6 Å². The van der Waals surface area contributed by atoms with Gasteiger partial charge in [-0.05, 0) is 37.0 Å². The molecular formula is C18H24O5. The van der Waals surface area contributed by atoms with E-state index in [2.05, 4.69) is 0 Å². The third kappa shape index (κ3) is 4.18. The maximum Gasteiger partial charge on any atom is 0.218 e. The molecule has 126 valence electrons. The average molecular weight is 320 g/mol. The average Bonchev–Trinajstić information content (AvgIpc) is 2.58. The predicted octanol–water partition coefficient (Wildman–Crippen LogP) is 2.41. The zero-order valence-electron chi connectivity index (χ0n) is 13.9. The van der Waals surface area contributed by atoms with Crippen LogP contribution in [0.4, 0.5) is 0 Å². The van der Waals surface area contributed by atoms with Crippen molar-refractivity contribution in [2.24, 2.45) is 11.8 Å². The molecule has 0 aliphatic heterocycles. The second-order valence-corrected chi connectivity index (χ2v) is 5.84. The van der Waals surface area contributed by atoms with E-state index < -0.39 is 12.2 Å². The molecule has 1 saturated carbocycles. The lowest BCUT2D eigenvalue weighted by molar-refractivity contribution is -0.164. The number of methoxy groups -OCH3 is 3. The Bertz CT molecular complexity index is 533. The van der Waals surface area contributed by atoms with Crippen LogP contribution in [0.2, 0.25) is 0 Å². The molecular weight excluding hydrogens is 296 g/mol. The Labute approximate surface area is 136 Å². The van der Waals surface area contributed by atoms with Crippen LogP contribution in [0.3, 0.4) is 0 Å². The fraction of sp³-hybridized carbons (Fsp3) is 0.556. The van der Waals surface area contributed by atoms with Gasteiger partial charge in [0.15, 0.2) is 5.78 Å². The molecule has 0 aromatic heterocycles. The molecule has 23 heavy (non-hydrogen) atoms. The Morgan fingerprint density at radius 1 is 1.13 bits per heavy atom. The molecule has 0 bridgehead atoms. The molecule has 1 aromatic carbocycles. The van der Waals surface area contributed by atoms with Crippen LogP contribution in [0, 0.1) is 11.8 Å². The highest BCUT2D eigenvalue weighted by Crippen LogP contribution is 2.30. The number of benzene rings is 1. The first-order chi connectivity index (χ1) is 11.1. The van der Waals surface area contributed by atoms with E-state index >= 15 is 0 Å². The van der Waals surface area contributed by atoms with Crippen LogP contribution in [0.1, 0.15) is 24.8 Å². The summed E-state index contributed by atoms with van der Waals surface area (Å²) in [6.07, 6.45) is 1.96. The van der Waals surface area contributed by atoms with Gasteiger partial charge < -0.3 is 14.2 Å². The van der Waals surface area contributed by atoms with E-state index in [1.807, 2.05) is 24.3 Å². The minimum Gasteiger partial charge on any atom is -0.497 e. The highest BCUT2D eigenvalue weighted by molar-refractivity contribution is 6.05. The SMILES string of the molecule is COc1ccc(CC2CCCC(C(=O)C(OC)OC)C2=O)cc1. The first-order valence-electron chi connectivity index (χ1n) is 7.86. The summed E-state index contributed by atoms with van der Waals surface area (Å²) in [5.41, 5.74) is 1.08. The molecule has 0 spiro atoms. The lowest BCUT2D eigenvalue weighted by Crippen LogP contribution is -2.41. The normalized spacial score (nSPS) is 21.5. The van der Waals surface area contributed by atoms with Gasteiger partial charge in [0.1, 0.15) is 11.5 Å². The summed E-state index contributed by atoms with van der Waals surface area (Å²) in [5, 5.41) is 0. The number of carbonyl (C=O) groups is 2. The van der Waals surface area contributed by atoms with E-state index in [0.717, 1.165) is 24.2 Å². The maximum atomic E-state index is 12.7. The third-order valence-electron chi connectivity index (χ3n) is 4.44. The molecule has 0 N–H and O–H groups in total. The fourth-order valence-electron chi connectivity index (χ4n) is 3.16. The first kappa shape index (κ1) is 17.6. The zero-order valence-corrected chi connectivity index (χ0v) is 13.9. The Hall–Kier alpha value is -1.72. The third-order valence-corrected chi connectivity index (χ3v) is 4.44. The molecule has 5 heteroatoms. The molecule has 5 nitrogen and oxygen atoms in total. The van der Waals surface area contributed by atoms with Gasteiger partial charge in [-0.25, -0.2) is 0 Å². The summed E-state index contributed by atoms with van der Waals surface area (Å²) in [4.78, 5) is 25.0. The van der Waals surface area contributed by atoms with Gasteiger partial charge in [-0.2, -0.15) is 0 Å². The minimum absolute atomic E-state index is 0.0103. The molecule has 0 saturated heterocycles. The second-order valence-electron chi connectivity index (χ2n) is 5.84. The van der Waals surface area contributed by atoms with Crippen molar-refractivity contribution in [2.75, 3.05) is 21.3 Å². The Kier molecular flexibility index (Phi) is 6.30. The van der Waals surface area contributed by atoms with E-state index in [4.69, 9.17) is 14.2 Å². The number of ketones is 2. The molecule has 1 aliphatic rings. The number of Topliss-reactive ketones (excluding diaryl/α,β-unsaturated/α-hetero) is 2. The molecule has 0 amide bonds. The fourth-order valence-corrected chi connectivity index (χ4v) is 3.16. The topological polar surface area (TPSA) is 61.8 Å². The van der Waals surface area contributed by atoms with Crippen LogP contribution >= 0.6 is 0 Å². The number of hydrogen-bond acceptors (Lipinski definition) is 5. The van der Waals surface area contributed by atoms with E-state index in [-0.39, 0.29) is 17.5 Å². The number of rotatable bonds is 7. The highest BCUT2D eigenvalue weighted by atomic mass is 16.7. The largest absolute Gasteiger partial charge is 0.497 e.